The first kappa shape index (κ1) is 23.6. The Hall–Kier alpha value is 0.610. The monoisotopic (exact) mass is 539 g/mol. The molecule has 0 fully saturated rings. The van der Waals surface area contributed by atoms with E-state index in [2.05, 4.69) is 31.9 Å². The number of hydrogen-bond donors (Lipinski definition) is 0. The van der Waals surface area contributed by atoms with Crippen molar-refractivity contribution in [1.29, 1.82) is 0 Å². The van der Waals surface area contributed by atoms with Crippen LogP contribution in [0.15, 0.2) is 21.5 Å². The molecule has 3 unspecified atom stereocenters. The summed E-state index contributed by atoms with van der Waals surface area (Å²) in [5.41, 5.74) is 0. The second-order valence-electron chi connectivity index (χ2n) is 5.00. The summed E-state index contributed by atoms with van der Waals surface area (Å²) in [6, 6.07) is 0. The highest BCUT2D eigenvalue weighted by molar-refractivity contribution is 9.12. The summed E-state index contributed by atoms with van der Waals surface area (Å²) >= 11 is 3.70. The molecule has 145 valence electrons. The van der Waals surface area contributed by atoms with Crippen molar-refractivity contribution in [3.63, 3.8) is 0 Å². The summed E-state index contributed by atoms with van der Waals surface area (Å²) in [6.45, 7) is 3.52. The van der Waals surface area contributed by atoms with Crippen LogP contribution < -0.4 is 0 Å². The van der Waals surface area contributed by atoms with E-state index in [1.807, 2.05) is 6.92 Å². The maximum Gasteiger partial charge on any atom is 0.486 e. The van der Waals surface area contributed by atoms with Gasteiger partial charge in [0.05, 0.1) is 15.5 Å². The van der Waals surface area contributed by atoms with E-state index in [9.17, 15) is 35.3 Å². The molecule has 1 aliphatic carbocycles. The Kier molecular flexibility index (Phi) is 7.50. The maximum atomic E-state index is 13.7. The molecule has 0 aromatic rings. The van der Waals surface area contributed by atoms with Crippen LogP contribution in [0.5, 0.6) is 0 Å². The van der Waals surface area contributed by atoms with Gasteiger partial charge in [0, 0.05) is 22.2 Å². The maximum absolute atomic E-state index is 13.7. The molecule has 0 aliphatic heterocycles. The third-order valence-corrected chi connectivity index (χ3v) is 7.73. The van der Waals surface area contributed by atoms with E-state index in [1.165, 1.54) is 18.2 Å². The molecule has 12 heteroatoms. The van der Waals surface area contributed by atoms with Crippen LogP contribution in [0.4, 0.5) is 30.7 Å². The van der Waals surface area contributed by atoms with Crippen LogP contribution in [-0.2, 0) is 11.2 Å². The first-order chi connectivity index (χ1) is 11.1. The molecular weight excluding hydrogens is 529 g/mol. The van der Waals surface area contributed by atoms with Crippen LogP contribution in [0.25, 0.3) is 0 Å². The van der Waals surface area contributed by atoms with E-state index in [1.54, 1.807) is 6.92 Å². The van der Waals surface area contributed by atoms with Gasteiger partial charge in [-0.25, -0.2) is 0 Å². The highest BCUT2D eigenvalue weighted by Crippen LogP contribution is 2.52. The summed E-state index contributed by atoms with van der Waals surface area (Å²) in [5.74, 6) is -5.80. The Morgan fingerprint density at radius 1 is 1.24 bits per heavy atom. The summed E-state index contributed by atoms with van der Waals surface area (Å²) < 4.78 is 101. The lowest BCUT2D eigenvalue weighted by Gasteiger charge is -2.35. The van der Waals surface area contributed by atoms with Crippen molar-refractivity contribution in [1.82, 2.24) is 0 Å². The summed E-state index contributed by atoms with van der Waals surface area (Å²) in [4.78, 5) is -0.830. The topological polar surface area (TPSA) is 23.1 Å². The zero-order chi connectivity index (χ0) is 19.8. The molecule has 1 nitrogen and oxygen atoms in total. The molecule has 0 amide bonds. The number of alkyl halides is 8. The van der Waals surface area contributed by atoms with Crippen LogP contribution in [0.3, 0.4) is 0 Å². The van der Waals surface area contributed by atoms with E-state index >= 15 is 0 Å². The SMILES string of the molecule is CCSC(C)C1(Br)[CH]C(Br)=CC([S+]([O-])C(F)(F)C(F)(F)C(F)(F)F)=C1. The van der Waals surface area contributed by atoms with Crippen molar-refractivity contribution in [2.45, 2.75) is 40.8 Å². The third-order valence-electron chi connectivity index (χ3n) is 3.21. The van der Waals surface area contributed by atoms with Crippen molar-refractivity contribution in [2.75, 3.05) is 5.75 Å². The first-order valence-corrected chi connectivity index (χ1v) is 10.4. The van der Waals surface area contributed by atoms with Crippen LogP contribution in [-0.4, -0.2) is 37.2 Å². The smallest absolute Gasteiger partial charge is 0.486 e. The molecule has 1 radical (unpaired) electrons. The molecule has 25 heavy (non-hydrogen) atoms. The van der Waals surface area contributed by atoms with E-state index in [0.717, 1.165) is 12.2 Å². The zero-order valence-electron chi connectivity index (χ0n) is 12.6. The highest BCUT2D eigenvalue weighted by Gasteiger charge is 2.80. The molecule has 0 saturated carbocycles. The average Bonchev–Trinajstić information content (AvgIpc) is 2.44. The molecule has 0 bridgehead atoms. The minimum atomic E-state index is -6.54. The Morgan fingerprint density at radius 3 is 2.20 bits per heavy atom. The Labute approximate surface area is 164 Å². The van der Waals surface area contributed by atoms with Gasteiger partial charge in [-0.2, -0.15) is 33.7 Å². The van der Waals surface area contributed by atoms with Crippen LogP contribution >= 0.6 is 43.6 Å². The van der Waals surface area contributed by atoms with E-state index in [4.69, 9.17) is 0 Å². The van der Waals surface area contributed by atoms with Crippen molar-refractivity contribution in [3.05, 3.63) is 28.0 Å². The number of rotatable bonds is 6. The second-order valence-corrected chi connectivity index (χ2v) is 10.4. The Morgan fingerprint density at radius 2 is 1.76 bits per heavy atom. The molecular formula is C13H12Br2F7OS2. The Balaban J connectivity index is 3.30. The normalized spacial score (nSPS) is 25.3. The summed E-state index contributed by atoms with van der Waals surface area (Å²) in [7, 11) is 0. The van der Waals surface area contributed by atoms with Gasteiger partial charge in [0.15, 0.2) is 4.91 Å². The summed E-state index contributed by atoms with van der Waals surface area (Å²) in [5, 5.41) is -6.13. The van der Waals surface area contributed by atoms with Gasteiger partial charge in [0.25, 0.3) is 0 Å². The number of thioether (sulfide) groups is 1. The lowest BCUT2D eigenvalue weighted by Crippen LogP contribution is -2.56. The predicted molar refractivity (Wildman–Crippen MR) is 92.7 cm³/mol. The van der Waals surface area contributed by atoms with E-state index < -0.39 is 37.8 Å². The molecule has 1 aliphatic rings. The van der Waals surface area contributed by atoms with Crippen molar-refractivity contribution >= 4 is 54.8 Å². The van der Waals surface area contributed by atoms with Crippen LogP contribution in [0.2, 0.25) is 0 Å². The Bertz CT molecular complexity index is 565. The van der Waals surface area contributed by atoms with Crippen molar-refractivity contribution < 1.29 is 35.3 Å². The molecule has 0 aromatic heterocycles. The van der Waals surface area contributed by atoms with Gasteiger partial charge in [-0.15, -0.1) is 8.78 Å². The molecule has 0 saturated heterocycles. The fourth-order valence-corrected chi connectivity index (χ4v) is 6.04. The van der Waals surface area contributed by atoms with E-state index in [0.29, 0.717) is 5.75 Å². The number of hydrogen-bond acceptors (Lipinski definition) is 2. The fraction of sp³-hybridized carbons (Fsp3) is 0.615. The largest absolute Gasteiger partial charge is 0.607 e. The molecule has 1 rings (SSSR count). The zero-order valence-corrected chi connectivity index (χ0v) is 17.4. The van der Waals surface area contributed by atoms with Gasteiger partial charge in [-0.3, -0.25) is 0 Å². The molecule has 0 aromatic carbocycles. The lowest BCUT2D eigenvalue weighted by molar-refractivity contribution is -0.331. The third kappa shape index (κ3) is 4.72. The lowest BCUT2D eigenvalue weighted by atomic mass is 9.97. The second kappa shape index (κ2) is 7.92. The van der Waals surface area contributed by atoms with Crippen LogP contribution in [0.1, 0.15) is 13.8 Å². The summed E-state index contributed by atoms with van der Waals surface area (Å²) in [6.07, 6.45) is -3.22. The standard InChI is InChI=1S/C13H12Br2F7OS2/c1-3-24-7(2)10(15)5-8(14)4-9(6-10)25(23)13(21,22)11(16,17)12(18,19)20/h4-7H,3H2,1-2H3. The van der Waals surface area contributed by atoms with Gasteiger partial charge >= 0.3 is 17.4 Å². The minimum absolute atomic E-state index is 0.130. The van der Waals surface area contributed by atoms with Crippen molar-refractivity contribution in [3.8, 4) is 0 Å². The van der Waals surface area contributed by atoms with Gasteiger partial charge in [-0.1, -0.05) is 45.7 Å². The highest BCUT2D eigenvalue weighted by atomic mass is 79.9. The fourth-order valence-electron chi connectivity index (χ4n) is 1.84. The number of halogens is 9. The first-order valence-electron chi connectivity index (χ1n) is 6.61. The number of allylic oxidation sites excluding steroid dienone is 3. The van der Waals surface area contributed by atoms with E-state index in [-0.39, 0.29) is 9.73 Å². The molecule has 3 atom stereocenters. The molecule has 0 N–H and O–H groups in total. The van der Waals surface area contributed by atoms with Gasteiger partial charge in [-0.05, 0) is 11.8 Å². The minimum Gasteiger partial charge on any atom is -0.607 e. The van der Waals surface area contributed by atoms with Crippen LogP contribution in [0, 0.1) is 6.42 Å². The van der Waals surface area contributed by atoms with Gasteiger partial charge in [0.2, 0.25) is 0 Å². The quantitative estimate of drug-likeness (QED) is 0.228. The van der Waals surface area contributed by atoms with Gasteiger partial charge < -0.3 is 4.55 Å². The van der Waals surface area contributed by atoms with Crippen molar-refractivity contribution in [2.24, 2.45) is 0 Å². The molecule has 0 heterocycles. The average molecular weight is 541 g/mol. The molecule has 0 spiro atoms. The predicted octanol–water partition coefficient (Wildman–Crippen LogP) is 6.18. The van der Waals surface area contributed by atoms with Gasteiger partial charge in [0.1, 0.15) is 0 Å².